The number of benzene rings is 2. The third kappa shape index (κ3) is 6.64. The number of carbonyl (C=O) groups is 2. The Balaban J connectivity index is 1.55. The van der Waals surface area contributed by atoms with Crippen molar-refractivity contribution in [1.29, 1.82) is 5.26 Å². The average molecular weight is 488 g/mol. The molecule has 0 aliphatic carbocycles. The summed E-state index contributed by atoms with van der Waals surface area (Å²) in [4.78, 5) is 34.0. The van der Waals surface area contributed by atoms with Gasteiger partial charge in [-0.1, -0.05) is 6.58 Å². The van der Waals surface area contributed by atoms with Gasteiger partial charge in [-0.05, 0) is 61.9 Å². The number of rotatable bonds is 10. The summed E-state index contributed by atoms with van der Waals surface area (Å²) in [6, 6.07) is 12.8. The van der Waals surface area contributed by atoms with Crippen molar-refractivity contribution in [2.45, 2.75) is 13.3 Å². The van der Waals surface area contributed by atoms with Gasteiger partial charge >= 0.3 is 0 Å². The Kier molecular flexibility index (Phi) is 8.67. The Bertz CT molecular complexity index is 1300. The molecule has 0 fully saturated rings. The van der Waals surface area contributed by atoms with Crippen LogP contribution in [0.1, 0.15) is 27.9 Å². The average Bonchev–Trinajstić information content (AvgIpc) is 2.90. The quantitative estimate of drug-likeness (QED) is 0.293. The van der Waals surface area contributed by atoms with Gasteiger partial charge in [0, 0.05) is 43.1 Å². The number of aryl methyl sites for hydroxylation is 1. The Morgan fingerprint density at radius 3 is 2.64 bits per heavy atom. The van der Waals surface area contributed by atoms with E-state index in [-0.39, 0.29) is 11.6 Å². The van der Waals surface area contributed by atoms with Crippen molar-refractivity contribution in [3.63, 3.8) is 0 Å². The molecular weight excluding hydrogens is 461 g/mol. The van der Waals surface area contributed by atoms with Gasteiger partial charge in [0.15, 0.2) is 0 Å². The molecule has 36 heavy (non-hydrogen) atoms. The van der Waals surface area contributed by atoms with Crippen molar-refractivity contribution < 1.29 is 14.0 Å². The van der Waals surface area contributed by atoms with Crippen molar-refractivity contribution in [3.8, 4) is 6.07 Å². The minimum atomic E-state index is -0.536. The summed E-state index contributed by atoms with van der Waals surface area (Å²) in [7, 11) is 1.47. The topological polar surface area (TPSA) is 123 Å². The molecule has 3 N–H and O–H groups in total. The van der Waals surface area contributed by atoms with Crippen LogP contribution in [0.5, 0.6) is 0 Å². The predicted octanol–water partition coefficient (Wildman–Crippen LogP) is 3.92. The summed E-state index contributed by atoms with van der Waals surface area (Å²) < 4.78 is 14.2. The molecule has 3 rings (SSSR count). The molecule has 0 radical (unpaired) electrons. The molecule has 10 heteroatoms. The highest BCUT2D eigenvalue weighted by Crippen LogP contribution is 2.26. The van der Waals surface area contributed by atoms with Gasteiger partial charge in [-0.15, -0.1) is 0 Å². The first-order valence-corrected chi connectivity index (χ1v) is 11.1. The molecule has 1 heterocycles. The van der Waals surface area contributed by atoms with Crippen LogP contribution in [-0.4, -0.2) is 41.9 Å². The van der Waals surface area contributed by atoms with E-state index in [1.54, 1.807) is 36.5 Å². The Hall–Kier alpha value is -4.78. The van der Waals surface area contributed by atoms with Crippen LogP contribution in [0.2, 0.25) is 0 Å². The summed E-state index contributed by atoms with van der Waals surface area (Å²) in [6.45, 7) is 6.23. The summed E-state index contributed by atoms with van der Waals surface area (Å²) >= 11 is 0. The van der Waals surface area contributed by atoms with Crippen molar-refractivity contribution in [2.75, 3.05) is 35.7 Å². The molecule has 0 unspecified atom stereocenters. The molecule has 184 valence electrons. The molecule has 2 amide bonds. The summed E-state index contributed by atoms with van der Waals surface area (Å²) in [5, 5.41) is 17.9. The van der Waals surface area contributed by atoms with Gasteiger partial charge in [0.2, 0.25) is 11.9 Å². The smallest absolute Gasteiger partial charge is 0.251 e. The predicted molar refractivity (Wildman–Crippen MR) is 137 cm³/mol. The fourth-order valence-corrected chi connectivity index (χ4v) is 3.18. The SMILES string of the molecule is C=CC(=O)N(C)c1cc(Nc2nc(NCCCNC(=O)c3ccc(C#N)cc3)ncc2C)ccc1F. The highest BCUT2D eigenvalue weighted by molar-refractivity contribution is 6.01. The van der Waals surface area contributed by atoms with Crippen LogP contribution >= 0.6 is 0 Å². The number of hydrogen-bond acceptors (Lipinski definition) is 7. The van der Waals surface area contributed by atoms with Gasteiger partial charge in [-0.25, -0.2) is 9.37 Å². The van der Waals surface area contributed by atoms with Gasteiger partial charge in [0.25, 0.3) is 5.91 Å². The van der Waals surface area contributed by atoms with E-state index in [1.807, 2.05) is 13.0 Å². The second-order valence-corrected chi connectivity index (χ2v) is 7.84. The number of hydrogen-bond donors (Lipinski definition) is 3. The van der Waals surface area contributed by atoms with E-state index in [0.29, 0.717) is 48.1 Å². The monoisotopic (exact) mass is 487 g/mol. The second kappa shape index (κ2) is 12.1. The van der Waals surface area contributed by atoms with Gasteiger partial charge in [-0.3, -0.25) is 9.59 Å². The van der Waals surface area contributed by atoms with Gasteiger partial charge in [-0.2, -0.15) is 10.2 Å². The van der Waals surface area contributed by atoms with Crippen LogP contribution < -0.4 is 20.9 Å². The summed E-state index contributed by atoms with van der Waals surface area (Å²) in [6.07, 6.45) is 3.40. The van der Waals surface area contributed by atoms with Crippen molar-refractivity contribution >= 4 is 35.0 Å². The fraction of sp³-hybridized carbons (Fsp3) is 0.192. The normalized spacial score (nSPS) is 10.2. The van der Waals surface area contributed by atoms with Gasteiger partial charge in [0.1, 0.15) is 11.6 Å². The van der Waals surface area contributed by atoms with Crippen LogP contribution in [0.3, 0.4) is 0 Å². The zero-order valence-electron chi connectivity index (χ0n) is 20.0. The first-order valence-electron chi connectivity index (χ1n) is 11.1. The van der Waals surface area contributed by atoms with E-state index in [1.165, 1.54) is 24.1 Å². The number of nitriles is 1. The lowest BCUT2D eigenvalue weighted by molar-refractivity contribution is -0.113. The number of halogens is 1. The van der Waals surface area contributed by atoms with E-state index < -0.39 is 11.7 Å². The molecular formula is C26H26FN7O2. The lowest BCUT2D eigenvalue weighted by Crippen LogP contribution is -2.26. The number of aromatic nitrogens is 2. The van der Waals surface area contributed by atoms with Crippen LogP contribution in [0.15, 0.2) is 61.3 Å². The lowest BCUT2D eigenvalue weighted by atomic mass is 10.1. The van der Waals surface area contributed by atoms with Crippen LogP contribution in [-0.2, 0) is 4.79 Å². The lowest BCUT2D eigenvalue weighted by Gasteiger charge is -2.18. The van der Waals surface area contributed by atoms with E-state index >= 15 is 0 Å². The Morgan fingerprint density at radius 2 is 1.94 bits per heavy atom. The second-order valence-electron chi connectivity index (χ2n) is 7.84. The first kappa shape index (κ1) is 25.8. The molecule has 2 aromatic carbocycles. The molecule has 0 saturated heterocycles. The molecule has 3 aromatic rings. The van der Waals surface area contributed by atoms with Gasteiger partial charge < -0.3 is 20.9 Å². The van der Waals surface area contributed by atoms with E-state index in [0.717, 1.165) is 11.6 Å². The maximum absolute atomic E-state index is 14.2. The largest absolute Gasteiger partial charge is 0.354 e. The molecule has 0 aliphatic heterocycles. The minimum absolute atomic E-state index is 0.109. The number of nitrogens with one attached hydrogen (secondary N) is 3. The molecule has 0 spiro atoms. The highest BCUT2D eigenvalue weighted by atomic mass is 19.1. The summed E-state index contributed by atoms with van der Waals surface area (Å²) in [5.74, 6) is -0.258. The highest BCUT2D eigenvalue weighted by Gasteiger charge is 2.14. The van der Waals surface area contributed by atoms with Crippen LogP contribution in [0, 0.1) is 24.1 Å². The van der Waals surface area contributed by atoms with Gasteiger partial charge in [0.05, 0.1) is 17.3 Å². The molecule has 9 nitrogen and oxygen atoms in total. The number of likely N-dealkylation sites (N-methyl/N-ethyl adjacent to an activating group) is 1. The standard InChI is InChI=1S/C26H26FN7O2/c1-4-23(35)34(3)22-14-20(10-11-21(22)27)32-24-17(2)16-31-26(33-24)30-13-5-12-29-25(36)19-8-6-18(15-28)7-9-19/h4,6-11,14,16H,1,5,12-13H2,2-3H3,(H,29,36)(H2,30,31,32,33). The maximum Gasteiger partial charge on any atom is 0.251 e. The molecule has 1 aromatic heterocycles. The van der Waals surface area contributed by atoms with Crippen molar-refractivity contribution in [3.05, 3.63) is 83.8 Å². The Morgan fingerprint density at radius 1 is 1.19 bits per heavy atom. The number of anilines is 4. The maximum atomic E-state index is 14.2. The van der Waals surface area contributed by atoms with Crippen LogP contribution in [0.25, 0.3) is 0 Å². The van der Waals surface area contributed by atoms with Crippen molar-refractivity contribution in [1.82, 2.24) is 15.3 Å². The molecule has 0 atom stereocenters. The third-order valence-electron chi connectivity index (χ3n) is 5.25. The van der Waals surface area contributed by atoms with Crippen LogP contribution in [0.4, 0.5) is 27.5 Å². The first-order chi connectivity index (χ1) is 17.3. The molecule has 0 bridgehead atoms. The zero-order chi connectivity index (χ0) is 26.1. The van der Waals surface area contributed by atoms with E-state index in [2.05, 4.69) is 32.5 Å². The summed E-state index contributed by atoms with van der Waals surface area (Å²) in [5.41, 5.74) is 2.42. The number of carbonyl (C=O) groups excluding carboxylic acids is 2. The number of amides is 2. The van der Waals surface area contributed by atoms with Crippen molar-refractivity contribution in [2.24, 2.45) is 0 Å². The Labute approximate surface area is 208 Å². The van der Waals surface area contributed by atoms with E-state index in [9.17, 15) is 14.0 Å². The number of nitrogens with zero attached hydrogens (tertiary/aromatic N) is 4. The molecule has 0 saturated carbocycles. The zero-order valence-corrected chi connectivity index (χ0v) is 20.0. The molecule has 0 aliphatic rings. The third-order valence-corrected chi connectivity index (χ3v) is 5.25. The van der Waals surface area contributed by atoms with E-state index in [4.69, 9.17) is 5.26 Å². The fourth-order valence-electron chi connectivity index (χ4n) is 3.18. The minimum Gasteiger partial charge on any atom is -0.354 e.